The molecule has 3 atom stereocenters. The number of rotatable bonds is 0. The van der Waals surface area contributed by atoms with E-state index in [2.05, 4.69) is 0 Å². The number of carbonyl (C=O) groups excluding carboxylic acids is 1. The number of carbonyl (C=O) groups is 1. The summed E-state index contributed by atoms with van der Waals surface area (Å²) >= 11 is 0. The first-order valence-electron chi connectivity index (χ1n) is 7.03. The van der Waals surface area contributed by atoms with E-state index in [1.54, 1.807) is 19.1 Å². The van der Waals surface area contributed by atoms with Crippen LogP contribution in [0, 0.1) is 0 Å². The fourth-order valence-electron chi connectivity index (χ4n) is 3.45. The van der Waals surface area contributed by atoms with Crippen molar-refractivity contribution in [3.8, 4) is 17.2 Å². The Morgan fingerprint density at radius 3 is 2.68 bits per heavy atom. The average Bonchev–Trinajstić information content (AvgIpc) is 2.83. The van der Waals surface area contributed by atoms with Crippen LogP contribution in [0.1, 0.15) is 36.7 Å². The van der Waals surface area contributed by atoms with Crippen LogP contribution < -0.4 is 0 Å². The summed E-state index contributed by atoms with van der Waals surface area (Å²) in [5.74, 6) is -0.788. The number of aromatic hydroxyl groups is 3. The predicted molar refractivity (Wildman–Crippen MR) is 75.7 cm³/mol. The van der Waals surface area contributed by atoms with E-state index in [0.29, 0.717) is 16.5 Å². The van der Waals surface area contributed by atoms with Crippen LogP contribution in [0.5, 0.6) is 17.2 Å². The molecule has 0 aliphatic carbocycles. The van der Waals surface area contributed by atoms with E-state index >= 15 is 0 Å². The number of ether oxygens (including phenoxy) is 2. The number of benzene rings is 2. The number of phenolic OH excluding ortho intramolecular Hbond substituents is 3. The third-order valence-electron chi connectivity index (χ3n) is 4.37. The topological polar surface area (TPSA) is 96.2 Å². The lowest BCUT2D eigenvalue weighted by Crippen LogP contribution is -2.26. The molecule has 0 bridgehead atoms. The van der Waals surface area contributed by atoms with Gasteiger partial charge < -0.3 is 24.8 Å². The van der Waals surface area contributed by atoms with Crippen molar-refractivity contribution in [2.75, 3.05) is 0 Å². The highest BCUT2D eigenvalue weighted by Crippen LogP contribution is 2.54. The van der Waals surface area contributed by atoms with Crippen LogP contribution >= 0.6 is 0 Å². The van der Waals surface area contributed by atoms with Gasteiger partial charge in [0.15, 0.2) is 6.10 Å². The van der Waals surface area contributed by atoms with Crippen LogP contribution in [0.15, 0.2) is 18.2 Å². The molecule has 6 heteroatoms. The van der Waals surface area contributed by atoms with Crippen molar-refractivity contribution in [2.24, 2.45) is 0 Å². The molecule has 2 aromatic rings. The smallest absolute Gasteiger partial charge is 0.309 e. The van der Waals surface area contributed by atoms with Gasteiger partial charge in [-0.25, -0.2) is 0 Å². The van der Waals surface area contributed by atoms with E-state index in [0.717, 1.165) is 0 Å². The maximum absolute atomic E-state index is 11.6. The van der Waals surface area contributed by atoms with Gasteiger partial charge in [-0.05, 0) is 13.0 Å². The SMILES string of the molecule is C[C@H]1O[C@@H]2CC(=O)O[C@@H]2c2c1c(O)c1c(O)cccc1c2O. The first-order valence-corrected chi connectivity index (χ1v) is 7.03. The quantitative estimate of drug-likeness (QED) is 0.511. The highest BCUT2D eigenvalue weighted by molar-refractivity contribution is 6.00. The molecule has 2 aromatic carbocycles. The van der Waals surface area contributed by atoms with Crippen LogP contribution in [0.3, 0.4) is 0 Å². The molecular weight excluding hydrogens is 288 g/mol. The first-order chi connectivity index (χ1) is 10.5. The Balaban J connectivity index is 2.10. The predicted octanol–water partition coefficient (Wildman–Crippen LogP) is 2.40. The standard InChI is InChI=1S/C16H14O6/c1-6-11-13(16-9(21-6)5-10(18)22-16)14(19)7-3-2-4-8(17)12(7)15(11)20/h2-4,6,9,16-17,19-20H,5H2,1H3/t6-,9-,16+/m1/s1. The average molecular weight is 302 g/mol. The summed E-state index contributed by atoms with van der Waals surface area (Å²) < 4.78 is 11.0. The second kappa shape index (κ2) is 4.27. The van der Waals surface area contributed by atoms with Crippen LogP contribution in [0.4, 0.5) is 0 Å². The zero-order chi connectivity index (χ0) is 15.6. The normalized spacial score (nSPS) is 26.6. The highest BCUT2D eigenvalue weighted by atomic mass is 16.6. The Morgan fingerprint density at radius 1 is 1.14 bits per heavy atom. The van der Waals surface area contributed by atoms with E-state index in [1.807, 2.05) is 0 Å². The molecule has 22 heavy (non-hydrogen) atoms. The summed E-state index contributed by atoms with van der Waals surface area (Å²) in [4.78, 5) is 11.6. The molecule has 2 heterocycles. The van der Waals surface area contributed by atoms with Gasteiger partial charge in [-0.3, -0.25) is 4.79 Å². The van der Waals surface area contributed by atoms with Crippen molar-refractivity contribution in [2.45, 2.75) is 31.7 Å². The Kier molecular flexibility index (Phi) is 2.56. The van der Waals surface area contributed by atoms with Crippen molar-refractivity contribution in [3.63, 3.8) is 0 Å². The molecule has 1 fully saturated rings. The van der Waals surface area contributed by atoms with Gasteiger partial charge in [0.1, 0.15) is 23.4 Å². The Hall–Kier alpha value is -2.47. The zero-order valence-corrected chi connectivity index (χ0v) is 11.7. The molecule has 0 saturated carbocycles. The van der Waals surface area contributed by atoms with Gasteiger partial charge >= 0.3 is 5.97 Å². The van der Waals surface area contributed by atoms with E-state index in [9.17, 15) is 20.1 Å². The Labute approximate surface area is 125 Å². The van der Waals surface area contributed by atoms with Crippen molar-refractivity contribution in [3.05, 3.63) is 29.3 Å². The number of hydrogen-bond acceptors (Lipinski definition) is 6. The summed E-state index contributed by atoms with van der Waals surface area (Å²) in [6, 6.07) is 4.60. The summed E-state index contributed by atoms with van der Waals surface area (Å²) in [6.07, 6.45) is -1.63. The summed E-state index contributed by atoms with van der Waals surface area (Å²) in [5.41, 5.74) is 0.715. The maximum Gasteiger partial charge on any atom is 0.309 e. The lowest BCUT2D eigenvalue weighted by Gasteiger charge is -2.33. The number of fused-ring (bicyclic) bond motifs is 4. The molecule has 0 radical (unpaired) electrons. The Bertz CT molecular complexity index is 812. The van der Waals surface area contributed by atoms with Gasteiger partial charge in [0.25, 0.3) is 0 Å². The van der Waals surface area contributed by atoms with Gasteiger partial charge in [0, 0.05) is 16.5 Å². The number of esters is 1. The molecule has 3 N–H and O–H groups in total. The van der Waals surface area contributed by atoms with Crippen molar-refractivity contribution >= 4 is 16.7 Å². The third kappa shape index (κ3) is 1.55. The molecule has 2 aliphatic heterocycles. The molecule has 0 spiro atoms. The van der Waals surface area contributed by atoms with Crippen LogP contribution in [-0.4, -0.2) is 27.4 Å². The van der Waals surface area contributed by atoms with E-state index in [-0.39, 0.29) is 29.1 Å². The monoisotopic (exact) mass is 302 g/mol. The fraction of sp³-hybridized carbons (Fsp3) is 0.312. The van der Waals surface area contributed by atoms with E-state index in [4.69, 9.17) is 9.47 Å². The molecule has 114 valence electrons. The highest BCUT2D eigenvalue weighted by Gasteiger charge is 2.46. The zero-order valence-electron chi connectivity index (χ0n) is 11.7. The van der Waals surface area contributed by atoms with Crippen molar-refractivity contribution in [1.82, 2.24) is 0 Å². The van der Waals surface area contributed by atoms with Crippen molar-refractivity contribution in [1.29, 1.82) is 0 Å². The van der Waals surface area contributed by atoms with Gasteiger partial charge in [0.05, 0.1) is 17.9 Å². The van der Waals surface area contributed by atoms with Gasteiger partial charge in [-0.2, -0.15) is 0 Å². The third-order valence-corrected chi connectivity index (χ3v) is 4.37. The Morgan fingerprint density at radius 2 is 1.91 bits per heavy atom. The summed E-state index contributed by atoms with van der Waals surface area (Å²) in [7, 11) is 0. The molecule has 2 aliphatic rings. The fourth-order valence-corrected chi connectivity index (χ4v) is 3.45. The minimum Gasteiger partial charge on any atom is -0.507 e. The largest absolute Gasteiger partial charge is 0.507 e. The molecular formula is C16H14O6. The molecule has 0 amide bonds. The molecule has 6 nitrogen and oxygen atoms in total. The summed E-state index contributed by atoms with van der Waals surface area (Å²) in [6.45, 7) is 1.73. The first kappa shape index (κ1) is 13.2. The molecule has 0 unspecified atom stereocenters. The minimum atomic E-state index is -0.739. The second-order valence-electron chi connectivity index (χ2n) is 5.66. The van der Waals surface area contributed by atoms with Crippen LogP contribution in [0.2, 0.25) is 0 Å². The second-order valence-corrected chi connectivity index (χ2v) is 5.66. The molecule has 1 saturated heterocycles. The van der Waals surface area contributed by atoms with Gasteiger partial charge in [0.2, 0.25) is 0 Å². The summed E-state index contributed by atoms with van der Waals surface area (Å²) in [5, 5.41) is 31.7. The number of hydrogen-bond donors (Lipinski definition) is 3. The van der Waals surface area contributed by atoms with Gasteiger partial charge in [-0.15, -0.1) is 0 Å². The van der Waals surface area contributed by atoms with Crippen molar-refractivity contribution < 1.29 is 29.6 Å². The lowest BCUT2D eigenvalue weighted by molar-refractivity contribution is -0.143. The van der Waals surface area contributed by atoms with E-state index in [1.165, 1.54) is 6.07 Å². The van der Waals surface area contributed by atoms with Gasteiger partial charge in [-0.1, -0.05) is 12.1 Å². The number of phenols is 3. The maximum atomic E-state index is 11.6. The molecule has 4 rings (SSSR count). The molecule has 0 aromatic heterocycles. The van der Waals surface area contributed by atoms with E-state index < -0.39 is 24.3 Å². The van der Waals surface area contributed by atoms with Crippen LogP contribution in [0.25, 0.3) is 10.8 Å². The minimum absolute atomic E-state index is 0.0986. The van der Waals surface area contributed by atoms with Crippen LogP contribution in [-0.2, 0) is 14.3 Å². The lowest BCUT2D eigenvalue weighted by atomic mass is 9.87.